The summed E-state index contributed by atoms with van der Waals surface area (Å²) in [6, 6.07) is 4.74. The average molecular weight is 178 g/mol. The monoisotopic (exact) mass is 178 g/mol. The zero-order chi connectivity index (χ0) is 9.84. The Morgan fingerprint density at radius 3 is 2.77 bits per heavy atom. The first-order valence-electron chi connectivity index (χ1n) is 3.55. The van der Waals surface area contributed by atoms with Crippen molar-refractivity contribution >= 4 is 5.69 Å². The predicted molar refractivity (Wildman–Crippen MR) is 47.6 cm³/mol. The molecule has 1 aromatic rings. The van der Waals surface area contributed by atoms with Crippen LogP contribution in [0.4, 0.5) is 5.69 Å². The fraction of sp³-hybridized carbons (Fsp3) is 0.111. The first-order chi connectivity index (χ1) is 6.20. The lowest BCUT2D eigenvalue weighted by atomic mass is 10.1. The third-order valence-corrected chi connectivity index (χ3v) is 1.59. The maximum Gasteiger partial charge on any atom is 0.318 e. The number of hydrogen-bond donors (Lipinski definition) is 0. The zero-order valence-corrected chi connectivity index (χ0v) is 7.11. The molecule has 0 bridgehead atoms. The third-order valence-electron chi connectivity index (χ3n) is 1.59. The summed E-state index contributed by atoms with van der Waals surface area (Å²) >= 11 is 0. The van der Waals surface area contributed by atoms with Gasteiger partial charge in [-0.3, -0.25) is 10.1 Å². The molecule has 0 atom stereocenters. The van der Waals surface area contributed by atoms with E-state index in [4.69, 9.17) is 4.74 Å². The van der Waals surface area contributed by atoms with Crippen molar-refractivity contribution in [3.8, 4) is 5.75 Å². The molecule has 1 rings (SSSR count). The standard InChI is InChI=1S/C9H8NO3/c1-3-7-5-4-6-8(13-2)9(7)10(11)12/h4-6H,1H2,2H3. The van der Waals surface area contributed by atoms with Gasteiger partial charge in [-0.05, 0) is 18.2 Å². The van der Waals surface area contributed by atoms with Crippen LogP contribution in [0, 0.1) is 16.2 Å². The molecule has 0 spiro atoms. The first kappa shape index (κ1) is 9.25. The van der Waals surface area contributed by atoms with Gasteiger partial charge in [0.15, 0.2) is 5.75 Å². The topological polar surface area (TPSA) is 52.4 Å². The highest BCUT2D eigenvalue weighted by Crippen LogP contribution is 2.30. The Kier molecular flexibility index (Phi) is 2.64. The number of methoxy groups -OCH3 is 1. The van der Waals surface area contributed by atoms with E-state index < -0.39 is 4.92 Å². The Hall–Kier alpha value is -1.84. The molecule has 67 valence electrons. The van der Waals surface area contributed by atoms with Crippen LogP contribution >= 0.6 is 0 Å². The summed E-state index contributed by atoms with van der Waals surface area (Å²) in [4.78, 5) is 10.1. The van der Waals surface area contributed by atoms with E-state index in [2.05, 4.69) is 12.7 Å². The van der Waals surface area contributed by atoms with Crippen LogP contribution in [0.2, 0.25) is 0 Å². The summed E-state index contributed by atoms with van der Waals surface area (Å²) in [6.07, 6.45) is 2.48. The smallest absolute Gasteiger partial charge is 0.318 e. The Bertz CT molecular complexity index is 347. The molecule has 0 aliphatic heterocycles. The van der Waals surface area contributed by atoms with Gasteiger partial charge in [-0.1, -0.05) is 12.6 Å². The Labute approximate surface area is 75.6 Å². The summed E-state index contributed by atoms with van der Waals surface area (Å²) in [7, 11) is 1.38. The van der Waals surface area contributed by atoms with Crippen LogP contribution in [0.5, 0.6) is 5.75 Å². The molecule has 0 aromatic heterocycles. The summed E-state index contributed by atoms with van der Waals surface area (Å²) in [5.41, 5.74) is 0.240. The van der Waals surface area contributed by atoms with Gasteiger partial charge in [-0.2, -0.15) is 0 Å². The van der Waals surface area contributed by atoms with Crippen molar-refractivity contribution in [2.24, 2.45) is 0 Å². The molecule has 1 radical (unpaired) electrons. The van der Waals surface area contributed by atoms with E-state index in [-0.39, 0.29) is 11.4 Å². The number of para-hydroxylation sites is 1. The number of nitro groups is 1. The fourth-order valence-electron chi connectivity index (χ4n) is 1.02. The first-order valence-corrected chi connectivity index (χ1v) is 3.55. The van der Waals surface area contributed by atoms with Crippen molar-refractivity contribution < 1.29 is 9.66 Å². The highest BCUT2D eigenvalue weighted by Gasteiger charge is 2.17. The van der Waals surface area contributed by atoms with Crippen LogP contribution in [0.1, 0.15) is 5.56 Å². The van der Waals surface area contributed by atoms with Crippen LogP contribution in [0.3, 0.4) is 0 Å². The van der Waals surface area contributed by atoms with Gasteiger partial charge in [-0.25, -0.2) is 0 Å². The normalized spacial score (nSPS) is 9.31. The van der Waals surface area contributed by atoms with E-state index in [1.807, 2.05) is 0 Å². The molecule has 0 aliphatic carbocycles. The molecule has 0 saturated carbocycles. The lowest BCUT2D eigenvalue weighted by molar-refractivity contribution is -0.386. The van der Waals surface area contributed by atoms with Crippen LogP contribution in [-0.4, -0.2) is 12.0 Å². The van der Waals surface area contributed by atoms with Crippen molar-refractivity contribution in [1.82, 2.24) is 0 Å². The molecule has 13 heavy (non-hydrogen) atoms. The van der Waals surface area contributed by atoms with E-state index in [0.29, 0.717) is 5.56 Å². The SMILES string of the molecule is C=[C]c1cccc(OC)c1[N+](=O)[O-]. The van der Waals surface area contributed by atoms with E-state index in [1.165, 1.54) is 13.2 Å². The quantitative estimate of drug-likeness (QED) is 0.525. The van der Waals surface area contributed by atoms with Crippen LogP contribution in [0.25, 0.3) is 0 Å². The minimum Gasteiger partial charge on any atom is -0.490 e. The van der Waals surface area contributed by atoms with Gasteiger partial charge in [0.1, 0.15) is 0 Å². The van der Waals surface area contributed by atoms with Crippen LogP contribution in [0.15, 0.2) is 24.8 Å². The fourth-order valence-corrected chi connectivity index (χ4v) is 1.02. The molecule has 0 unspecified atom stereocenters. The molecular formula is C9H8NO3. The van der Waals surface area contributed by atoms with Crippen molar-refractivity contribution in [1.29, 1.82) is 0 Å². The van der Waals surface area contributed by atoms with Gasteiger partial charge in [0, 0.05) is 0 Å². The molecule has 0 N–H and O–H groups in total. The number of nitro benzene ring substituents is 1. The van der Waals surface area contributed by atoms with Crippen molar-refractivity contribution in [3.63, 3.8) is 0 Å². The zero-order valence-electron chi connectivity index (χ0n) is 7.11. The molecule has 0 amide bonds. The molecular weight excluding hydrogens is 170 g/mol. The summed E-state index contributed by atoms with van der Waals surface area (Å²) in [5, 5.41) is 10.6. The van der Waals surface area contributed by atoms with E-state index in [1.54, 1.807) is 12.1 Å². The molecule has 0 heterocycles. The van der Waals surface area contributed by atoms with Crippen molar-refractivity contribution in [2.45, 2.75) is 0 Å². The second-order valence-corrected chi connectivity index (χ2v) is 2.29. The summed E-state index contributed by atoms with van der Waals surface area (Å²) < 4.78 is 4.84. The summed E-state index contributed by atoms with van der Waals surface area (Å²) in [5.74, 6) is 0.221. The molecule has 0 saturated heterocycles. The Morgan fingerprint density at radius 2 is 2.31 bits per heavy atom. The van der Waals surface area contributed by atoms with Gasteiger partial charge in [0.05, 0.1) is 17.6 Å². The third kappa shape index (κ3) is 1.66. The van der Waals surface area contributed by atoms with Gasteiger partial charge in [0.25, 0.3) is 0 Å². The highest BCUT2D eigenvalue weighted by atomic mass is 16.6. The Balaban J connectivity index is 3.38. The van der Waals surface area contributed by atoms with Crippen molar-refractivity contribution in [2.75, 3.05) is 7.11 Å². The van der Waals surface area contributed by atoms with Crippen LogP contribution in [-0.2, 0) is 0 Å². The molecule has 0 aliphatic rings. The van der Waals surface area contributed by atoms with E-state index in [0.717, 1.165) is 0 Å². The number of rotatable bonds is 3. The van der Waals surface area contributed by atoms with Crippen molar-refractivity contribution in [3.05, 3.63) is 46.5 Å². The molecule has 4 nitrogen and oxygen atoms in total. The second-order valence-electron chi connectivity index (χ2n) is 2.29. The summed E-state index contributed by atoms with van der Waals surface area (Å²) in [6.45, 7) is 3.36. The van der Waals surface area contributed by atoms with Gasteiger partial charge in [0.2, 0.25) is 0 Å². The second kappa shape index (κ2) is 3.71. The minimum atomic E-state index is -0.508. The molecule has 1 aromatic carbocycles. The largest absolute Gasteiger partial charge is 0.490 e. The number of nitrogens with zero attached hydrogens (tertiary/aromatic N) is 1. The maximum atomic E-state index is 10.6. The van der Waals surface area contributed by atoms with Gasteiger partial charge >= 0.3 is 5.69 Å². The number of ether oxygens (including phenoxy) is 1. The van der Waals surface area contributed by atoms with Crippen LogP contribution < -0.4 is 4.74 Å². The number of benzene rings is 1. The Morgan fingerprint density at radius 1 is 1.62 bits per heavy atom. The molecule has 0 fully saturated rings. The minimum absolute atomic E-state index is 0.0972. The maximum absolute atomic E-state index is 10.6. The highest BCUT2D eigenvalue weighted by molar-refractivity contribution is 5.54. The predicted octanol–water partition coefficient (Wildman–Crippen LogP) is 1.94. The van der Waals surface area contributed by atoms with E-state index >= 15 is 0 Å². The lowest BCUT2D eigenvalue weighted by Gasteiger charge is -2.02. The average Bonchev–Trinajstić information content (AvgIpc) is 2.16. The van der Waals surface area contributed by atoms with E-state index in [9.17, 15) is 10.1 Å². The lowest BCUT2D eigenvalue weighted by Crippen LogP contribution is -1.96. The van der Waals surface area contributed by atoms with Gasteiger partial charge in [-0.15, -0.1) is 0 Å². The molecule has 4 heteroatoms. The number of hydrogen-bond acceptors (Lipinski definition) is 3. The van der Waals surface area contributed by atoms with Gasteiger partial charge < -0.3 is 4.74 Å².